The summed E-state index contributed by atoms with van der Waals surface area (Å²) >= 11 is 0. The van der Waals surface area contributed by atoms with Gasteiger partial charge in [0.2, 0.25) is 0 Å². The van der Waals surface area contributed by atoms with E-state index in [9.17, 15) is 4.79 Å². The highest BCUT2D eigenvalue weighted by Crippen LogP contribution is 2.43. The van der Waals surface area contributed by atoms with Crippen molar-refractivity contribution in [2.24, 2.45) is 22.2 Å². The van der Waals surface area contributed by atoms with Crippen molar-refractivity contribution < 1.29 is 4.79 Å². The van der Waals surface area contributed by atoms with Crippen LogP contribution in [-0.2, 0) is 0 Å². The Morgan fingerprint density at radius 2 is 1.89 bits per heavy atom. The number of nitrogens with zero attached hydrogens (tertiary/aromatic N) is 2. The van der Waals surface area contributed by atoms with E-state index in [1.165, 1.54) is 22.3 Å². The minimum Gasteiger partial charge on any atom is -0.296 e. The monoisotopic (exact) mass is 466 g/mol. The van der Waals surface area contributed by atoms with Crippen LogP contribution >= 0.6 is 0 Å². The zero-order chi connectivity index (χ0) is 25.2. The largest absolute Gasteiger partial charge is 0.296 e. The van der Waals surface area contributed by atoms with E-state index in [1.54, 1.807) is 7.05 Å². The van der Waals surface area contributed by atoms with Crippen LogP contribution in [0.5, 0.6) is 0 Å². The van der Waals surface area contributed by atoms with Crippen molar-refractivity contribution in [1.29, 1.82) is 0 Å². The average Bonchev–Trinajstić information content (AvgIpc) is 3.55. The quantitative estimate of drug-likeness (QED) is 0.378. The number of Topliss-reactive ketones (excluding diaryl/α,β-unsaturated/α-hetero) is 1. The Hall–Kier alpha value is -3.07. The van der Waals surface area contributed by atoms with E-state index in [-0.39, 0.29) is 17.1 Å². The van der Waals surface area contributed by atoms with Crippen molar-refractivity contribution in [1.82, 2.24) is 4.98 Å². The molecule has 2 aromatic rings. The number of aliphatic imine (C=N–C) groups is 1. The third-order valence-corrected chi connectivity index (χ3v) is 7.24. The molecule has 0 amide bonds. The van der Waals surface area contributed by atoms with E-state index < -0.39 is 0 Å². The minimum absolute atomic E-state index is 0.0967. The standard InChI is InChI=1S/C30H32N2O.C2H6/c1-5-6-23(18-31-4)19-7-9-20(10-8-19)27-25-16-24(25)15-21-11-12-26(32-28(21)27)29(33)22-13-14-30(2,3)17-22;1-2/h6-12,15-16,18,22,25H,5,13-14,17H2,1-4H3;1-2H3/b23-6+,31-18?;. The van der Waals surface area contributed by atoms with Crippen LogP contribution in [-0.4, -0.2) is 24.0 Å². The highest BCUT2D eigenvalue weighted by atomic mass is 16.1. The van der Waals surface area contributed by atoms with Gasteiger partial charge >= 0.3 is 0 Å². The Kier molecular flexibility index (Phi) is 7.35. The molecule has 0 N–H and O–H groups in total. The van der Waals surface area contributed by atoms with Crippen molar-refractivity contribution >= 4 is 29.2 Å². The van der Waals surface area contributed by atoms with Gasteiger partial charge in [-0.3, -0.25) is 9.79 Å². The molecule has 2 unspecified atom stereocenters. The molecule has 182 valence electrons. The summed E-state index contributed by atoms with van der Waals surface area (Å²) in [4.78, 5) is 22.5. The molecule has 5 rings (SSSR count). The number of hydrogen-bond acceptors (Lipinski definition) is 3. The van der Waals surface area contributed by atoms with Crippen LogP contribution in [0.25, 0.3) is 17.2 Å². The summed E-state index contributed by atoms with van der Waals surface area (Å²) < 4.78 is 0. The first-order chi connectivity index (χ1) is 16.9. The fourth-order valence-corrected chi connectivity index (χ4v) is 5.43. The van der Waals surface area contributed by atoms with Crippen molar-refractivity contribution in [3.05, 3.63) is 81.5 Å². The van der Waals surface area contributed by atoms with Gasteiger partial charge in [-0.1, -0.05) is 77.1 Å². The molecular formula is C32H38N2O. The van der Waals surface area contributed by atoms with Gasteiger partial charge in [-0.05, 0) is 71.1 Å². The summed E-state index contributed by atoms with van der Waals surface area (Å²) in [6.07, 6.45) is 12.6. The summed E-state index contributed by atoms with van der Waals surface area (Å²) in [5.41, 5.74) is 6.93. The van der Waals surface area contributed by atoms with Crippen molar-refractivity contribution in [3.63, 3.8) is 0 Å². The molecule has 2 atom stereocenters. The Balaban J connectivity index is 0.00000141. The minimum atomic E-state index is 0.0967. The molecule has 0 saturated heterocycles. The maximum absolute atomic E-state index is 13.3. The van der Waals surface area contributed by atoms with Gasteiger partial charge < -0.3 is 0 Å². The Morgan fingerprint density at radius 3 is 2.51 bits per heavy atom. The van der Waals surface area contributed by atoms with Crippen LogP contribution in [0.15, 0.2) is 59.1 Å². The van der Waals surface area contributed by atoms with Crippen LogP contribution < -0.4 is 10.6 Å². The van der Waals surface area contributed by atoms with E-state index in [0.29, 0.717) is 11.6 Å². The molecule has 3 aliphatic carbocycles. The maximum Gasteiger partial charge on any atom is 0.184 e. The topological polar surface area (TPSA) is 42.3 Å². The molecule has 1 saturated carbocycles. The van der Waals surface area contributed by atoms with Crippen LogP contribution in [0.3, 0.4) is 0 Å². The number of fused-ring (bicyclic) bond motifs is 2. The number of aromatic nitrogens is 1. The highest BCUT2D eigenvalue weighted by Gasteiger charge is 2.36. The molecule has 0 bridgehead atoms. The first kappa shape index (κ1) is 25.0. The maximum atomic E-state index is 13.3. The number of carbonyl (C=O) groups excluding carboxylic acids is 1. The van der Waals surface area contributed by atoms with Gasteiger partial charge in [0, 0.05) is 30.3 Å². The molecule has 0 aliphatic heterocycles. The summed E-state index contributed by atoms with van der Waals surface area (Å²) in [7, 11) is 1.81. The predicted octanol–water partition coefficient (Wildman–Crippen LogP) is 6.16. The normalized spacial score (nSPS) is 21.9. The first-order valence-electron chi connectivity index (χ1n) is 13.1. The Morgan fingerprint density at radius 1 is 1.14 bits per heavy atom. The van der Waals surface area contributed by atoms with Gasteiger partial charge in [0.15, 0.2) is 5.78 Å². The number of hydrogen-bond donors (Lipinski definition) is 0. The zero-order valence-corrected chi connectivity index (χ0v) is 22.1. The molecule has 1 aromatic carbocycles. The molecule has 1 heterocycles. The second-order valence-electron chi connectivity index (χ2n) is 10.3. The number of allylic oxidation sites excluding steroid dienone is 4. The van der Waals surface area contributed by atoms with E-state index in [1.807, 2.05) is 26.1 Å². The molecule has 0 radical (unpaired) electrons. The third kappa shape index (κ3) is 5.15. The Labute approximate surface area is 210 Å². The second kappa shape index (κ2) is 10.3. The summed E-state index contributed by atoms with van der Waals surface area (Å²) in [5.74, 6) is 0.620. The molecule has 3 heteroatoms. The van der Waals surface area contributed by atoms with E-state index in [0.717, 1.165) is 41.8 Å². The third-order valence-electron chi connectivity index (χ3n) is 7.24. The van der Waals surface area contributed by atoms with Crippen molar-refractivity contribution in [3.8, 4) is 0 Å². The fourth-order valence-electron chi connectivity index (χ4n) is 5.43. The van der Waals surface area contributed by atoms with E-state index >= 15 is 0 Å². The predicted molar refractivity (Wildman–Crippen MR) is 148 cm³/mol. The average molecular weight is 467 g/mol. The van der Waals surface area contributed by atoms with Gasteiger partial charge in [-0.25, -0.2) is 4.98 Å². The molecule has 0 spiro atoms. The Bertz CT molecular complexity index is 1320. The van der Waals surface area contributed by atoms with Crippen LogP contribution in [0, 0.1) is 17.3 Å². The number of rotatable bonds is 6. The van der Waals surface area contributed by atoms with Gasteiger partial charge in [0.05, 0.1) is 5.35 Å². The summed E-state index contributed by atoms with van der Waals surface area (Å²) in [5, 5.41) is 2.08. The zero-order valence-electron chi connectivity index (χ0n) is 22.1. The van der Waals surface area contributed by atoms with Crippen LogP contribution in [0.1, 0.15) is 81.9 Å². The van der Waals surface area contributed by atoms with Gasteiger partial charge in [0.25, 0.3) is 0 Å². The number of carbonyl (C=O) groups is 1. The SMILES string of the molecule is CC.CC/C=C(\C=NC)c1ccc(C2=c3nc(C(=O)C4CCC(C)(C)C4)ccc3=CC3=CC32)cc1. The number of ketones is 1. The smallest absolute Gasteiger partial charge is 0.184 e. The molecule has 3 aliphatic rings. The lowest BCUT2D eigenvalue weighted by Crippen LogP contribution is -2.36. The summed E-state index contributed by atoms with van der Waals surface area (Å²) in [6.45, 7) is 10.7. The van der Waals surface area contributed by atoms with Crippen LogP contribution in [0.4, 0.5) is 0 Å². The summed E-state index contributed by atoms with van der Waals surface area (Å²) in [6, 6.07) is 12.7. The van der Waals surface area contributed by atoms with E-state index in [2.05, 4.69) is 74.3 Å². The van der Waals surface area contributed by atoms with Gasteiger partial charge in [0.1, 0.15) is 5.69 Å². The lowest BCUT2D eigenvalue weighted by atomic mass is 9.89. The molecular weight excluding hydrogens is 428 g/mol. The fraction of sp³-hybridized carbons (Fsp3) is 0.406. The number of benzene rings is 1. The number of pyridine rings is 1. The molecule has 1 fully saturated rings. The van der Waals surface area contributed by atoms with Crippen molar-refractivity contribution in [2.75, 3.05) is 7.05 Å². The van der Waals surface area contributed by atoms with Gasteiger partial charge in [-0.2, -0.15) is 0 Å². The van der Waals surface area contributed by atoms with Crippen LogP contribution in [0.2, 0.25) is 0 Å². The first-order valence-corrected chi connectivity index (χ1v) is 13.1. The highest BCUT2D eigenvalue weighted by molar-refractivity contribution is 6.09. The van der Waals surface area contributed by atoms with Gasteiger partial charge in [-0.15, -0.1) is 0 Å². The lowest BCUT2D eigenvalue weighted by molar-refractivity contribution is 0.0910. The molecule has 1 aromatic heterocycles. The van der Waals surface area contributed by atoms with E-state index in [4.69, 9.17) is 4.98 Å². The lowest BCUT2D eigenvalue weighted by Gasteiger charge is -2.17. The van der Waals surface area contributed by atoms with Crippen molar-refractivity contribution in [2.45, 2.75) is 60.3 Å². The second-order valence-corrected chi connectivity index (χ2v) is 10.3. The molecule has 35 heavy (non-hydrogen) atoms. The molecule has 3 nitrogen and oxygen atoms in total.